The Hall–Kier alpha value is -2.89. The van der Waals surface area contributed by atoms with Crippen molar-refractivity contribution in [1.29, 1.82) is 0 Å². The zero-order valence-electron chi connectivity index (χ0n) is 13.3. The number of piperidine rings is 1. The van der Waals surface area contributed by atoms with Crippen LogP contribution >= 0.6 is 0 Å². The van der Waals surface area contributed by atoms with Gasteiger partial charge in [-0.25, -0.2) is 4.68 Å². The van der Waals surface area contributed by atoms with Crippen LogP contribution in [0.4, 0.5) is 0 Å². The molecule has 3 heterocycles. The largest absolute Gasteiger partial charge is 0.335 e. The van der Waals surface area contributed by atoms with E-state index in [9.17, 15) is 4.79 Å². The number of likely N-dealkylation sites (tertiary alicyclic amines) is 1. The highest BCUT2D eigenvalue weighted by molar-refractivity contribution is 5.92. The van der Waals surface area contributed by atoms with Crippen LogP contribution in [0.15, 0.2) is 61.1 Å². The minimum atomic E-state index is -0.0125. The van der Waals surface area contributed by atoms with E-state index in [1.165, 1.54) is 0 Å². The Morgan fingerprint density at radius 2 is 1.96 bits per heavy atom. The molecule has 0 saturated carbocycles. The molecule has 1 amide bonds. The molecule has 0 spiro atoms. The maximum atomic E-state index is 12.8. The highest BCUT2D eigenvalue weighted by atomic mass is 16.2. The number of hydrogen-bond acceptors (Lipinski definition) is 3. The van der Waals surface area contributed by atoms with E-state index < -0.39 is 0 Å². The van der Waals surface area contributed by atoms with Gasteiger partial charge in [0.2, 0.25) is 0 Å². The molecule has 2 aromatic heterocycles. The Bertz CT molecular complexity index is 809. The molecular weight excluding hydrogens is 302 g/mol. The number of nitrogens with zero attached hydrogens (tertiary/aromatic N) is 5. The summed E-state index contributed by atoms with van der Waals surface area (Å²) in [6.45, 7) is 1.45. The highest BCUT2D eigenvalue weighted by Crippen LogP contribution is 2.22. The summed E-state index contributed by atoms with van der Waals surface area (Å²) in [4.78, 5) is 14.7. The molecule has 1 fully saturated rings. The Morgan fingerprint density at radius 1 is 1.08 bits per heavy atom. The fourth-order valence-corrected chi connectivity index (χ4v) is 3.18. The van der Waals surface area contributed by atoms with Crippen molar-refractivity contribution in [2.24, 2.45) is 0 Å². The summed E-state index contributed by atoms with van der Waals surface area (Å²) in [5.41, 5.74) is 1.43. The van der Waals surface area contributed by atoms with E-state index in [4.69, 9.17) is 0 Å². The number of carbonyl (C=O) groups is 1. The second-order valence-corrected chi connectivity index (χ2v) is 6.01. The van der Waals surface area contributed by atoms with Crippen molar-refractivity contribution in [2.75, 3.05) is 13.1 Å². The van der Waals surface area contributed by atoms with Crippen LogP contribution in [-0.4, -0.2) is 43.5 Å². The number of carbonyl (C=O) groups excluding carboxylic acids is 1. The van der Waals surface area contributed by atoms with Crippen molar-refractivity contribution in [3.8, 4) is 5.69 Å². The number of benzene rings is 1. The first-order valence-corrected chi connectivity index (χ1v) is 8.21. The van der Waals surface area contributed by atoms with E-state index in [1.807, 2.05) is 58.4 Å². The molecule has 6 nitrogen and oxygen atoms in total. The number of amides is 1. The molecule has 0 unspecified atom stereocenters. The lowest BCUT2D eigenvalue weighted by Crippen LogP contribution is -2.41. The molecule has 1 saturated heterocycles. The third-order valence-electron chi connectivity index (χ3n) is 4.41. The van der Waals surface area contributed by atoms with E-state index in [-0.39, 0.29) is 11.9 Å². The quantitative estimate of drug-likeness (QED) is 0.745. The Morgan fingerprint density at radius 3 is 2.75 bits per heavy atom. The van der Waals surface area contributed by atoms with Crippen LogP contribution < -0.4 is 0 Å². The van der Waals surface area contributed by atoms with E-state index >= 15 is 0 Å². The predicted octanol–water partition coefficient (Wildman–Crippen LogP) is 2.55. The lowest BCUT2D eigenvalue weighted by Gasteiger charge is -2.32. The molecule has 1 aromatic carbocycles. The average molecular weight is 321 g/mol. The maximum absolute atomic E-state index is 12.8. The van der Waals surface area contributed by atoms with Gasteiger partial charge in [-0.2, -0.15) is 10.2 Å². The van der Waals surface area contributed by atoms with Crippen LogP contribution in [0.5, 0.6) is 0 Å². The van der Waals surface area contributed by atoms with Crippen LogP contribution in [0.2, 0.25) is 0 Å². The maximum Gasteiger partial charge on any atom is 0.274 e. The summed E-state index contributed by atoms with van der Waals surface area (Å²) in [5, 5.41) is 8.76. The van der Waals surface area contributed by atoms with E-state index in [1.54, 1.807) is 16.9 Å². The lowest BCUT2D eigenvalue weighted by atomic mass is 10.1. The molecule has 1 aliphatic rings. The third kappa shape index (κ3) is 2.82. The number of para-hydroxylation sites is 1. The summed E-state index contributed by atoms with van der Waals surface area (Å²) in [5.74, 6) is -0.0125. The molecule has 6 heteroatoms. The van der Waals surface area contributed by atoms with Gasteiger partial charge in [-0.05, 0) is 37.1 Å². The van der Waals surface area contributed by atoms with Gasteiger partial charge in [-0.3, -0.25) is 9.48 Å². The number of rotatable bonds is 3. The standard InChI is InChI=1S/C18H19N5O/c24-18(17-9-13-23(20-17)15-6-2-1-3-7-15)21-11-4-8-16(14-21)22-12-5-10-19-22/h1-3,5-7,9-10,12-13,16H,4,8,11,14H2/t16-/m0/s1. The molecule has 0 aliphatic carbocycles. The first-order chi connectivity index (χ1) is 11.8. The fraction of sp³-hybridized carbons (Fsp3) is 0.278. The van der Waals surface area contributed by atoms with E-state index in [2.05, 4.69) is 10.2 Å². The van der Waals surface area contributed by atoms with E-state index in [0.717, 1.165) is 25.1 Å². The summed E-state index contributed by atoms with van der Waals surface area (Å²) >= 11 is 0. The van der Waals surface area contributed by atoms with Crippen molar-refractivity contribution in [3.05, 3.63) is 66.7 Å². The minimum absolute atomic E-state index is 0.0125. The highest BCUT2D eigenvalue weighted by Gasteiger charge is 2.26. The second kappa shape index (κ2) is 6.31. The lowest BCUT2D eigenvalue weighted by molar-refractivity contribution is 0.0666. The van der Waals surface area contributed by atoms with Crippen molar-refractivity contribution in [1.82, 2.24) is 24.5 Å². The van der Waals surface area contributed by atoms with Crippen LogP contribution in [-0.2, 0) is 0 Å². The van der Waals surface area contributed by atoms with Gasteiger partial charge >= 0.3 is 0 Å². The molecule has 0 radical (unpaired) electrons. The average Bonchev–Trinajstić information content (AvgIpc) is 3.34. The normalized spacial score (nSPS) is 17.8. The Labute approximate surface area is 140 Å². The van der Waals surface area contributed by atoms with Crippen LogP contribution in [0.25, 0.3) is 5.69 Å². The first kappa shape index (κ1) is 14.7. The third-order valence-corrected chi connectivity index (χ3v) is 4.41. The summed E-state index contributed by atoms with van der Waals surface area (Å²) in [6.07, 6.45) is 7.60. The SMILES string of the molecule is O=C(c1ccn(-c2ccccc2)n1)N1CCC[C@H](n2cccn2)C1. The van der Waals surface area contributed by atoms with Gasteiger partial charge in [-0.1, -0.05) is 18.2 Å². The summed E-state index contributed by atoms with van der Waals surface area (Å²) in [6, 6.07) is 13.8. The van der Waals surface area contributed by atoms with Crippen LogP contribution in [0, 0.1) is 0 Å². The van der Waals surface area contributed by atoms with Crippen LogP contribution in [0.3, 0.4) is 0 Å². The Balaban J connectivity index is 1.50. The molecule has 24 heavy (non-hydrogen) atoms. The van der Waals surface area contributed by atoms with E-state index in [0.29, 0.717) is 12.2 Å². The number of aromatic nitrogens is 4. The van der Waals surface area contributed by atoms with Crippen molar-refractivity contribution >= 4 is 5.91 Å². The topological polar surface area (TPSA) is 56.0 Å². The zero-order valence-corrected chi connectivity index (χ0v) is 13.3. The van der Waals surface area contributed by atoms with Crippen molar-refractivity contribution < 1.29 is 4.79 Å². The second-order valence-electron chi connectivity index (χ2n) is 6.01. The van der Waals surface area contributed by atoms with Crippen molar-refractivity contribution in [2.45, 2.75) is 18.9 Å². The van der Waals surface area contributed by atoms with Gasteiger partial charge in [0, 0.05) is 31.7 Å². The molecule has 1 aliphatic heterocycles. The predicted molar refractivity (Wildman–Crippen MR) is 90.0 cm³/mol. The Kier molecular flexibility index (Phi) is 3.86. The van der Waals surface area contributed by atoms with Gasteiger partial charge in [-0.15, -0.1) is 0 Å². The van der Waals surface area contributed by atoms with Gasteiger partial charge < -0.3 is 4.90 Å². The van der Waals surface area contributed by atoms with Crippen LogP contribution in [0.1, 0.15) is 29.4 Å². The monoisotopic (exact) mass is 321 g/mol. The van der Waals surface area contributed by atoms with Gasteiger partial charge in [0.05, 0.1) is 11.7 Å². The summed E-state index contributed by atoms with van der Waals surface area (Å²) in [7, 11) is 0. The van der Waals surface area contributed by atoms with Gasteiger partial charge in [0.1, 0.15) is 0 Å². The van der Waals surface area contributed by atoms with Gasteiger partial charge in [0.25, 0.3) is 5.91 Å². The fourth-order valence-electron chi connectivity index (χ4n) is 3.18. The zero-order chi connectivity index (χ0) is 16.4. The molecular formula is C18H19N5O. The molecule has 3 aromatic rings. The molecule has 4 rings (SSSR count). The summed E-state index contributed by atoms with van der Waals surface area (Å²) < 4.78 is 3.68. The molecule has 0 bridgehead atoms. The van der Waals surface area contributed by atoms with Gasteiger partial charge in [0.15, 0.2) is 5.69 Å². The smallest absolute Gasteiger partial charge is 0.274 e. The minimum Gasteiger partial charge on any atom is -0.335 e. The number of hydrogen-bond donors (Lipinski definition) is 0. The molecule has 1 atom stereocenters. The molecule has 122 valence electrons. The first-order valence-electron chi connectivity index (χ1n) is 8.21. The molecule has 0 N–H and O–H groups in total. The van der Waals surface area contributed by atoms with Crippen molar-refractivity contribution in [3.63, 3.8) is 0 Å².